The van der Waals surface area contributed by atoms with Crippen LogP contribution in [0.25, 0.3) is 0 Å². The van der Waals surface area contributed by atoms with Gasteiger partial charge in [-0.25, -0.2) is 4.79 Å². The van der Waals surface area contributed by atoms with Crippen LogP contribution in [0.1, 0.15) is 33.3 Å². The molecule has 0 aliphatic rings. The molecule has 1 aromatic rings. The van der Waals surface area contributed by atoms with E-state index in [2.05, 4.69) is 0 Å². The number of likely N-dealkylation sites (N-methyl/N-ethyl adjacent to an activating group) is 1. The maximum absolute atomic E-state index is 11.9. The van der Waals surface area contributed by atoms with Crippen molar-refractivity contribution in [1.82, 2.24) is 4.90 Å². The lowest BCUT2D eigenvalue weighted by molar-refractivity contribution is -0.146. The first-order valence-corrected chi connectivity index (χ1v) is 6.99. The van der Waals surface area contributed by atoms with Crippen LogP contribution in [-0.2, 0) is 20.9 Å². The molecule has 0 saturated heterocycles. The molecule has 116 valence electrons. The van der Waals surface area contributed by atoms with Crippen LogP contribution >= 0.6 is 0 Å². The average Bonchev–Trinajstić information content (AvgIpc) is 2.41. The van der Waals surface area contributed by atoms with E-state index < -0.39 is 17.7 Å². The second kappa shape index (κ2) is 7.67. The van der Waals surface area contributed by atoms with Gasteiger partial charge in [0.05, 0.1) is 0 Å². The number of hydrogen-bond acceptors (Lipinski definition) is 4. The van der Waals surface area contributed by atoms with E-state index in [1.165, 1.54) is 4.90 Å². The molecule has 0 saturated carbocycles. The lowest BCUT2D eigenvalue weighted by Gasteiger charge is -2.25. The Morgan fingerprint density at radius 3 is 2.29 bits per heavy atom. The molecule has 0 aliphatic carbocycles. The molecule has 1 amide bonds. The summed E-state index contributed by atoms with van der Waals surface area (Å²) in [5.74, 6) is -0.452. The summed E-state index contributed by atoms with van der Waals surface area (Å²) in [6.07, 6.45) is -0.512. The first kappa shape index (κ1) is 17.0. The van der Waals surface area contributed by atoms with Crippen LogP contribution in [0.3, 0.4) is 0 Å². The second-order valence-electron chi connectivity index (χ2n) is 5.64. The van der Waals surface area contributed by atoms with Crippen LogP contribution < -0.4 is 0 Å². The number of amides is 1. The SMILES string of the molecule is CCN(CC(=O)OCc1ccccc1)C(=O)OC(C)(C)C. The highest BCUT2D eigenvalue weighted by atomic mass is 16.6. The van der Waals surface area contributed by atoms with Gasteiger partial charge in [0.2, 0.25) is 0 Å². The van der Waals surface area contributed by atoms with Crippen molar-refractivity contribution >= 4 is 12.1 Å². The van der Waals surface area contributed by atoms with Crippen molar-refractivity contribution in [3.05, 3.63) is 35.9 Å². The molecule has 0 aromatic heterocycles. The molecule has 5 nitrogen and oxygen atoms in total. The van der Waals surface area contributed by atoms with Gasteiger partial charge in [0.15, 0.2) is 0 Å². The predicted molar refractivity (Wildman–Crippen MR) is 79.7 cm³/mol. The first-order chi connectivity index (χ1) is 9.81. The number of hydrogen-bond donors (Lipinski definition) is 0. The molecule has 0 atom stereocenters. The highest BCUT2D eigenvalue weighted by Crippen LogP contribution is 2.10. The van der Waals surface area contributed by atoms with Gasteiger partial charge in [-0.05, 0) is 33.3 Å². The third-order valence-electron chi connectivity index (χ3n) is 2.60. The van der Waals surface area contributed by atoms with Gasteiger partial charge in [-0.1, -0.05) is 30.3 Å². The fourth-order valence-electron chi connectivity index (χ4n) is 1.57. The number of nitrogens with zero attached hydrogens (tertiary/aromatic N) is 1. The molecule has 1 aromatic carbocycles. The Labute approximate surface area is 125 Å². The first-order valence-electron chi connectivity index (χ1n) is 6.99. The molecular weight excluding hydrogens is 270 g/mol. The number of benzene rings is 1. The third-order valence-corrected chi connectivity index (χ3v) is 2.60. The van der Waals surface area contributed by atoms with Crippen molar-refractivity contribution < 1.29 is 19.1 Å². The van der Waals surface area contributed by atoms with Crippen LogP contribution in [0.15, 0.2) is 30.3 Å². The highest BCUT2D eigenvalue weighted by Gasteiger charge is 2.23. The molecule has 0 heterocycles. The Hall–Kier alpha value is -2.04. The minimum Gasteiger partial charge on any atom is -0.459 e. The van der Waals surface area contributed by atoms with E-state index in [0.29, 0.717) is 6.54 Å². The Morgan fingerprint density at radius 1 is 1.14 bits per heavy atom. The van der Waals surface area contributed by atoms with Crippen molar-refractivity contribution in [3.8, 4) is 0 Å². The standard InChI is InChI=1S/C16H23NO4/c1-5-17(15(19)21-16(2,3)4)11-14(18)20-12-13-9-7-6-8-10-13/h6-10H,5,11-12H2,1-4H3. The number of rotatable bonds is 5. The number of ether oxygens (including phenoxy) is 2. The zero-order valence-electron chi connectivity index (χ0n) is 13.1. The average molecular weight is 293 g/mol. The summed E-state index contributed by atoms with van der Waals surface area (Å²) in [5, 5.41) is 0. The van der Waals surface area contributed by atoms with Crippen molar-refractivity contribution in [1.29, 1.82) is 0 Å². The minimum atomic E-state index is -0.585. The lowest BCUT2D eigenvalue weighted by Crippen LogP contribution is -2.40. The fourth-order valence-corrected chi connectivity index (χ4v) is 1.57. The van der Waals surface area contributed by atoms with Gasteiger partial charge in [0, 0.05) is 6.54 Å². The third kappa shape index (κ3) is 6.79. The second-order valence-corrected chi connectivity index (χ2v) is 5.64. The number of carbonyl (C=O) groups excluding carboxylic acids is 2. The van der Waals surface area contributed by atoms with Gasteiger partial charge in [-0.15, -0.1) is 0 Å². The van der Waals surface area contributed by atoms with Crippen LogP contribution in [0, 0.1) is 0 Å². The van der Waals surface area contributed by atoms with Crippen molar-refractivity contribution in [2.45, 2.75) is 39.9 Å². The van der Waals surface area contributed by atoms with Gasteiger partial charge in [-0.2, -0.15) is 0 Å². The Kier molecular flexibility index (Phi) is 6.21. The fraction of sp³-hybridized carbons (Fsp3) is 0.500. The van der Waals surface area contributed by atoms with E-state index in [4.69, 9.17) is 9.47 Å². The molecule has 0 unspecified atom stereocenters. The smallest absolute Gasteiger partial charge is 0.410 e. The zero-order chi connectivity index (χ0) is 15.9. The van der Waals surface area contributed by atoms with Gasteiger partial charge in [0.25, 0.3) is 0 Å². The van der Waals surface area contributed by atoms with E-state index in [1.807, 2.05) is 30.3 Å². The molecule has 21 heavy (non-hydrogen) atoms. The highest BCUT2D eigenvalue weighted by molar-refractivity contribution is 5.78. The largest absolute Gasteiger partial charge is 0.459 e. The Morgan fingerprint density at radius 2 is 1.76 bits per heavy atom. The summed E-state index contributed by atoms with van der Waals surface area (Å²) in [5.41, 5.74) is 0.324. The normalized spacial score (nSPS) is 10.9. The summed E-state index contributed by atoms with van der Waals surface area (Å²) in [7, 11) is 0. The quantitative estimate of drug-likeness (QED) is 0.783. The van der Waals surface area contributed by atoms with Crippen LogP contribution in [0.5, 0.6) is 0 Å². The van der Waals surface area contributed by atoms with E-state index >= 15 is 0 Å². The van der Waals surface area contributed by atoms with Crippen LogP contribution in [0.4, 0.5) is 4.79 Å². The molecule has 0 N–H and O–H groups in total. The molecule has 5 heteroatoms. The van der Waals surface area contributed by atoms with Gasteiger partial charge >= 0.3 is 12.1 Å². The maximum Gasteiger partial charge on any atom is 0.410 e. The van der Waals surface area contributed by atoms with E-state index in [0.717, 1.165) is 5.56 Å². The van der Waals surface area contributed by atoms with Crippen molar-refractivity contribution in [2.75, 3.05) is 13.1 Å². The summed E-state index contributed by atoms with van der Waals surface area (Å²) in [4.78, 5) is 25.0. The Bertz CT molecular complexity index is 465. The van der Waals surface area contributed by atoms with Gasteiger partial charge in [0.1, 0.15) is 18.8 Å². The predicted octanol–water partition coefficient (Wildman–Crippen LogP) is 2.99. The monoisotopic (exact) mass is 293 g/mol. The summed E-state index contributed by atoms with van der Waals surface area (Å²) in [6.45, 7) is 7.61. The summed E-state index contributed by atoms with van der Waals surface area (Å²) in [6, 6.07) is 9.40. The molecule has 0 spiro atoms. The van der Waals surface area contributed by atoms with E-state index in [1.54, 1.807) is 27.7 Å². The molecule has 0 bridgehead atoms. The van der Waals surface area contributed by atoms with Crippen molar-refractivity contribution in [2.24, 2.45) is 0 Å². The van der Waals surface area contributed by atoms with Gasteiger partial charge in [-0.3, -0.25) is 9.69 Å². The van der Waals surface area contributed by atoms with E-state index in [-0.39, 0.29) is 13.2 Å². The minimum absolute atomic E-state index is 0.113. The maximum atomic E-state index is 11.9. The Balaban J connectivity index is 2.45. The van der Waals surface area contributed by atoms with E-state index in [9.17, 15) is 9.59 Å². The molecular formula is C16H23NO4. The van der Waals surface area contributed by atoms with Crippen LogP contribution in [-0.4, -0.2) is 35.7 Å². The zero-order valence-corrected chi connectivity index (χ0v) is 13.1. The van der Waals surface area contributed by atoms with Crippen LogP contribution in [0.2, 0.25) is 0 Å². The summed E-state index contributed by atoms with van der Waals surface area (Å²) < 4.78 is 10.4. The number of esters is 1. The van der Waals surface area contributed by atoms with Gasteiger partial charge < -0.3 is 9.47 Å². The lowest BCUT2D eigenvalue weighted by atomic mass is 10.2. The molecule has 0 radical (unpaired) electrons. The molecule has 0 aliphatic heterocycles. The summed E-state index contributed by atoms with van der Waals surface area (Å²) >= 11 is 0. The topological polar surface area (TPSA) is 55.8 Å². The molecule has 1 rings (SSSR count). The molecule has 0 fully saturated rings. The number of carbonyl (C=O) groups is 2. The van der Waals surface area contributed by atoms with Crippen molar-refractivity contribution in [3.63, 3.8) is 0 Å².